The van der Waals surface area contributed by atoms with Crippen molar-refractivity contribution >= 4 is 33.4 Å². The normalized spacial score (nSPS) is 25.6. The highest BCUT2D eigenvalue weighted by Gasteiger charge is 2.50. The molecule has 1 aliphatic carbocycles. The number of nitrogens with zero attached hydrogens (tertiary/aromatic N) is 6. The van der Waals surface area contributed by atoms with Crippen LogP contribution in [-0.4, -0.2) is 111 Å². The number of rotatable bonds is 7. The molecule has 8 rings (SSSR count). The molecule has 1 amide bonds. The number of likely N-dealkylation sites (tertiary alicyclic amines) is 2. The van der Waals surface area contributed by atoms with Gasteiger partial charge in [0.2, 0.25) is 5.91 Å². The van der Waals surface area contributed by atoms with Crippen molar-refractivity contribution in [2.24, 2.45) is 5.41 Å². The van der Waals surface area contributed by atoms with Crippen LogP contribution in [0.5, 0.6) is 11.8 Å². The quantitative estimate of drug-likeness (QED) is 0.233. The fourth-order valence-electron chi connectivity index (χ4n) is 9.83. The van der Waals surface area contributed by atoms with Gasteiger partial charge in [0.15, 0.2) is 5.82 Å². The standard InChI is InChI=1S/C41H50F2N6O5/c1-4-29-32(42)9-8-26-19-28(51)20-30(34(26)29)36-35(43)37-31(21-44-36)38(48-17-18-53-23-40(3,52)22-48)46-39(45-37)54-24-41-12-5-7-33(41)49(14-6-13-41)27-10-15-47(16-11-27)25(2)50/h8-9,19-21,27,33,51-52H,4-7,10-18,22-24H2,1-3H3. The van der Waals surface area contributed by atoms with Gasteiger partial charge in [-0.15, -0.1) is 0 Å². The zero-order valence-corrected chi connectivity index (χ0v) is 31.4. The van der Waals surface area contributed by atoms with Crippen molar-refractivity contribution in [2.45, 2.75) is 89.8 Å². The van der Waals surface area contributed by atoms with Crippen LogP contribution in [0.1, 0.15) is 71.3 Å². The third-order valence-corrected chi connectivity index (χ3v) is 12.4. The van der Waals surface area contributed by atoms with Crippen LogP contribution in [-0.2, 0) is 16.0 Å². The third kappa shape index (κ3) is 6.72. The number of aromatic nitrogens is 3. The lowest BCUT2D eigenvalue weighted by molar-refractivity contribution is -0.131. The number of phenolic OH excluding ortho intramolecular Hbond substituents is 1. The molecular formula is C41H50F2N6O5. The van der Waals surface area contributed by atoms with E-state index in [0.717, 1.165) is 64.6 Å². The number of aromatic hydroxyl groups is 1. The molecule has 3 unspecified atom stereocenters. The summed E-state index contributed by atoms with van der Waals surface area (Å²) in [5.41, 5.74) is -0.725. The predicted molar refractivity (Wildman–Crippen MR) is 202 cm³/mol. The largest absolute Gasteiger partial charge is 0.508 e. The van der Waals surface area contributed by atoms with Crippen molar-refractivity contribution in [3.05, 3.63) is 47.7 Å². The lowest BCUT2D eigenvalue weighted by atomic mass is 9.74. The Balaban J connectivity index is 1.18. The number of amides is 1. The first kappa shape index (κ1) is 36.8. The Hall–Kier alpha value is -4.20. The molecule has 4 aliphatic rings. The lowest BCUT2D eigenvalue weighted by Gasteiger charge is -2.50. The summed E-state index contributed by atoms with van der Waals surface area (Å²) in [5.74, 6) is -0.738. The van der Waals surface area contributed by atoms with E-state index in [2.05, 4.69) is 9.88 Å². The topological polar surface area (TPSA) is 124 Å². The number of halogens is 2. The van der Waals surface area contributed by atoms with Gasteiger partial charge in [0.1, 0.15) is 34.2 Å². The lowest BCUT2D eigenvalue weighted by Crippen LogP contribution is -2.57. The van der Waals surface area contributed by atoms with Crippen LogP contribution in [0, 0.1) is 17.0 Å². The Morgan fingerprint density at radius 3 is 2.65 bits per heavy atom. The van der Waals surface area contributed by atoms with Gasteiger partial charge in [0, 0.05) is 55.8 Å². The second-order valence-corrected chi connectivity index (χ2v) is 16.1. The van der Waals surface area contributed by atoms with Crippen LogP contribution in [0.15, 0.2) is 30.5 Å². The number of benzene rings is 2. The van der Waals surface area contributed by atoms with E-state index in [9.17, 15) is 15.0 Å². The molecular weight excluding hydrogens is 694 g/mol. The highest BCUT2D eigenvalue weighted by molar-refractivity contribution is 6.01. The fourth-order valence-corrected chi connectivity index (χ4v) is 9.83. The number of β-amino-alcohol motifs (C(OH)–C–C–N with tert-alkyl or cyclic N) is 1. The van der Waals surface area contributed by atoms with Gasteiger partial charge in [-0.3, -0.25) is 14.7 Å². The molecule has 4 aromatic rings. The smallest absolute Gasteiger partial charge is 0.319 e. The molecule has 3 aliphatic heterocycles. The number of hydrogen-bond acceptors (Lipinski definition) is 10. The second-order valence-electron chi connectivity index (χ2n) is 16.1. The monoisotopic (exact) mass is 744 g/mol. The summed E-state index contributed by atoms with van der Waals surface area (Å²) in [6.45, 7) is 9.19. The van der Waals surface area contributed by atoms with E-state index in [1.54, 1.807) is 19.9 Å². The van der Waals surface area contributed by atoms with Gasteiger partial charge in [-0.25, -0.2) is 8.78 Å². The van der Waals surface area contributed by atoms with Crippen molar-refractivity contribution in [1.29, 1.82) is 0 Å². The first-order valence-corrected chi connectivity index (χ1v) is 19.5. The number of aliphatic hydroxyl groups is 1. The van der Waals surface area contributed by atoms with E-state index in [4.69, 9.17) is 19.4 Å². The Morgan fingerprint density at radius 2 is 1.87 bits per heavy atom. The first-order valence-electron chi connectivity index (χ1n) is 19.5. The second kappa shape index (κ2) is 14.5. The van der Waals surface area contributed by atoms with Crippen LogP contribution in [0.4, 0.5) is 14.6 Å². The van der Waals surface area contributed by atoms with Gasteiger partial charge < -0.3 is 29.5 Å². The minimum atomic E-state index is -1.19. The summed E-state index contributed by atoms with van der Waals surface area (Å²) in [4.78, 5) is 32.7. The number of phenols is 1. The van der Waals surface area contributed by atoms with Crippen LogP contribution in [0.25, 0.3) is 32.9 Å². The molecule has 0 bridgehead atoms. The van der Waals surface area contributed by atoms with E-state index in [-0.39, 0.29) is 53.0 Å². The maximum absolute atomic E-state index is 17.1. The number of ether oxygens (including phenoxy) is 2. The van der Waals surface area contributed by atoms with Gasteiger partial charge in [-0.1, -0.05) is 19.4 Å². The molecule has 0 spiro atoms. The van der Waals surface area contributed by atoms with Crippen LogP contribution in [0.3, 0.4) is 0 Å². The van der Waals surface area contributed by atoms with Gasteiger partial charge in [0.05, 0.1) is 31.8 Å². The number of aryl methyl sites for hydroxylation is 1. The molecule has 3 saturated heterocycles. The number of piperidine rings is 2. The van der Waals surface area contributed by atoms with Crippen LogP contribution >= 0.6 is 0 Å². The molecule has 5 heterocycles. The van der Waals surface area contributed by atoms with E-state index in [0.29, 0.717) is 65.8 Å². The summed E-state index contributed by atoms with van der Waals surface area (Å²) >= 11 is 0. The zero-order valence-electron chi connectivity index (χ0n) is 31.4. The van der Waals surface area contributed by atoms with Crippen molar-refractivity contribution < 1.29 is 33.3 Å². The molecule has 0 radical (unpaired) electrons. The van der Waals surface area contributed by atoms with Gasteiger partial charge in [-0.2, -0.15) is 9.97 Å². The summed E-state index contributed by atoms with van der Waals surface area (Å²) < 4.78 is 44.6. The minimum Gasteiger partial charge on any atom is -0.508 e. The van der Waals surface area contributed by atoms with E-state index in [1.807, 2.05) is 16.7 Å². The highest BCUT2D eigenvalue weighted by Crippen LogP contribution is 2.49. The summed E-state index contributed by atoms with van der Waals surface area (Å²) in [6, 6.07) is 6.66. The van der Waals surface area contributed by atoms with Gasteiger partial charge in [-0.05, 0) is 92.9 Å². The Labute approximate surface area is 314 Å². The molecule has 2 aromatic carbocycles. The number of anilines is 1. The molecule has 54 heavy (non-hydrogen) atoms. The third-order valence-electron chi connectivity index (χ3n) is 12.4. The van der Waals surface area contributed by atoms with Crippen LogP contribution in [0.2, 0.25) is 0 Å². The SMILES string of the molecule is CCc1c(F)ccc2cc(O)cc(-c3ncc4c(N5CCOCC(C)(O)C5)nc(OCC56CCCC5N(C5CCN(C(C)=O)CC5)CCC6)nc4c3F)c12. The molecule has 2 N–H and O–H groups in total. The average Bonchev–Trinajstić information content (AvgIpc) is 3.51. The highest BCUT2D eigenvalue weighted by atomic mass is 19.1. The van der Waals surface area contributed by atoms with Crippen molar-refractivity contribution in [2.75, 3.05) is 57.4 Å². The van der Waals surface area contributed by atoms with Gasteiger partial charge >= 0.3 is 6.01 Å². The van der Waals surface area contributed by atoms with E-state index >= 15 is 8.78 Å². The van der Waals surface area contributed by atoms with Crippen molar-refractivity contribution in [3.63, 3.8) is 0 Å². The fraction of sp³-hybridized carbons (Fsp3) is 0.561. The Bertz CT molecular complexity index is 2070. The Morgan fingerprint density at radius 1 is 1.07 bits per heavy atom. The van der Waals surface area contributed by atoms with E-state index < -0.39 is 17.2 Å². The maximum Gasteiger partial charge on any atom is 0.319 e. The number of carbonyl (C=O) groups is 1. The summed E-state index contributed by atoms with van der Waals surface area (Å²) in [7, 11) is 0. The maximum atomic E-state index is 17.1. The van der Waals surface area contributed by atoms with Crippen LogP contribution < -0.4 is 9.64 Å². The predicted octanol–water partition coefficient (Wildman–Crippen LogP) is 6.00. The molecule has 13 heteroatoms. The zero-order chi connectivity index (χ0) is 37.8. The van der Waals surface area contributed by atoms with Gasteiger partial charge in [0.25, 0.3) is 0 Å². The number of pyridine rings is 1. The molecule has 3 atom stereocenters. The molecule has 1 saturated carbocycles. The molecule has 288 valence electrons. The molecule has 2 aromatic heterocycles. The number of fused-ring (bicyclic) bond motifs is 3. The average molecular weight is 745 g/mol. The van der Waals surface area contributed by atoms with E-state index in [1.165, 1.54) is 24.4 Å². The number of carbonyl (C=O) groups excluding carboxylic acids is 1. The summed E-state index contributed by atoms with van der Waals surface area (Å²) in [5, 5.41) is 23.2. The van der Waals surface area contributed by atoms with Crippen molar-refractivity contribution in [3.8, 4) is 23.0 Å². The summed E-state index contributed by atoms with van der Waals surface area (Å²) in [6.07, 6.45) is 9.02. The number of hydrogen-bond donors (Lipinski definition) is 2. The first-order chi connectivity index (χ1) is 26.0. The molecule has 4 fully saturated rings. The van der Waals surface area contributed by atoms with Crippen molar-refractivity contribution in [1.82, 2.24) is 24.8 Å². The molecule has 11 nitrogen and oxygen atoms in total. The Kier molecular flexibility index (Phi) is 9.85. The minimum absolute atomic E-state index is 0.0151.